The molecule has 8 heteroatoms. The summed E-state index contributed by atoms with van der Waals surface area (Å²) in [5, 5.41) is 8.92. The predicted molar refractivity (Wildman–Crippen MR) is 77.7 cm³/mol. The fourth-order valence-corrected chi connectivity index (χ4v) is 2.21. The van der Waals surface area contributed by atoms with Gasteiger partial charge in [0.1, 0.15) is 6.07 Å². The summed E-state index contributed by atoms with van der Waals surface area (Å²) < 4.78 is 34.6. The van der Waals surface area contributed by atoms with Gasteiger partial charge in [-0.25, -0.2) is 4.39 Å². The molecule has 0 heterocycles. The fourth-order valence-electron chi connectivity index (χ4n) is 1.39. The number of benzene rings is 1. The summed E-state index contributed by atoms with van der Waals surface area (Å²) in [6.07, 6.45) is 0. The maximum absolute atomic E-state index is 13.8. The van der Waals surface area contributed by atoms with Crippen molar-refractivity contribution in [1.82, 2.24) is 0 Å². The van der Waals surface area contributed by atoms with Gasteiger partial charge in [0, 0.05) is 21.1 Å². The number of nitrogens with zero attached hydrogens (tertiary/aromatic N) is 1. The van der Waals surface area contributed by atoms with E-state index in [2.05, 4.69) is 15.9 Å². The Hall–Kier alpha value is -0.910. The number of nitriles is 1. The first-order chi connectivity index (χ1) is 9.88. The number of hydrogen-bond acceptors (Lipinski definition) is 5. The SMILES string of the molecule is COCCOC(C)(OC)Oc1c(C#N)cc(Cl)c(F)c1Br. The molecule has 0 saturated carbocycles. The van der Waals surface area contributed by atoms with Crippen LogP contribution in [-0.4, -0.2) is 33.4 Å². The van der Waals surface area contributed by atoms with Gasteiger partial charge in [-0.2, -0.15) is 5.26 Å². The first-order valence-corrected chi connectivity index (χ1v) is 7.00. The molecule has 1 aromatic rings. The lowest BCUT2D eigenvalue weighted by Crippen LogP contribution is -2.39. The quantitative estimate of drug-likeness (QED) is 0.410. The first kappa shape index (κ1) is 18.1. The van der Waals surface area contributed by atoms with Crippen LogP contribution in [0.25, 0.3) is 0 Å². The minimum atomic E-state index is -1.51. The van der Waals surface area contributed by atoms with Gasteiger partial charge in [-0.3, -0.25) is 0 Å². The third-order valence-corrected chi connectivity index (χ3v) is 3.53. The normalized spacial score (nSPS) is 13.6. The Kier molecular flexibility index (Phi) is 6.84. The first-order valence-electron chi connectivity index (χ1n) is 5.83. The molecule has 1 aromatic carbocycles. The molecule has 0 aromatic heterocycles. The van der Waals surface area contributed by atoms with Crippen LogP contribution in [0.1, 0.15) is 12.5 Å². The predicted octanol–water partition coefficient (Wildman–Crippen LogP) is 3.48. The second kappa shape index (κ2) is 7.92. The fraction of sp³-hybridized carbons (Fsp3) is 0.462. The van der Waals surface area contributed by atoms with E-state index in [1.165, 1.54) is 27.2 Å². The van der Waals surface area contributed by atoms with Gasteiger partial charge in [-0.15, -0.1) is 0 Å². The maximum atomic E-state index is 13.8. The average molecular weight is 383 g/mol. The highest BCUT2D eigenvalue weighted by atomic mass is 79.9. The molecule has 5 nitrogen and oxygen atoms in total. The molecular formula is C13H14BrClFNO4. The minimum Gasteiger partial charge on any atom is -0.436 e. The molecule has 0 aliphatic heterocycles. The van der Waals surface area contributed by atoms with Crippen LogP contribution in [0.4, 0.5) is 4.39 Å². The van der Waals surface area contributed by atoms with Gasteiger partial charge in [-0.1, -0.05) is 11.6 Å². The molecule has 1 unspecified atom stereocenters. The number of hydrogen-bond donors (Lipinski definition) is 0. The van der Waals surface area contributed by atoms with E-state index in [1.807, 2.05) is 6.07 Å². The number of ether oxygens (including phenoxy) is 4. The van der Waals surface area contributed by atoms with Crippen molar-refractivity contribution in [2.45, 2.75) is 12.9 Å². The second-order valence-electron chi connectivity index (χ2n) is 3.98. The van der Waals surface area contributed by atoms with E-state index in [1.54, 1.807) is 0 Å². The summed E-state index contributed by atoms with van der Waals surface area (Å²) in [6.45, 7) is 2.00. The zero-order valence-electron chi connectivity index (χ0n) is 11.7. The van der Waals surface area contributed by atoms with E-state index >= 15 is 0 Å². The smallest absolute Gasteiger partial charge is 0.323 e. The van der Waals surface area contributed by atoms with Gasteiger partial charge in [0.15, 0.2) is 11.6 Å². The molecule has 0 bridgehead atoms. The van der Waals surface area contributed by atoms with Crippen molar-refractivity contribution in [2.24, 2.45) is 0 Å². The second-order valence-corrected chi connectivity index (χ2v) is 5.18. The third-order valence-electron chi connectivity index (χ3n) is 2.55. The molecule has 0 saturated heterocycles. The number of halogens is 3. The number of methoxy groups -OCH3 is 2. The number of rotatable bonds is 7. The zero-order chi connectivity index (χ0) is 16.0. The molecule has 116 valence electrons. The Morgan fingerprint density at radius 3 is 2.62 bits per heavy atom. The van der Waals surface area contributed by atoms with Crippen LogP contribution >= 0.6 is 27.5 Å². The van der Waals surface area contributed by atoms with E-state index in [0.29, 0.717) is 6.61 Å². The van der Waals surface area contributed by atoms with Crippen molar-refractivity contribution in [3.05, 3.63) is 26.9 Å². The summed E-state index contributed by atoms with van der Waals surface area (Å²) in [6, 6.07) is 3.05. The van der Waals surface area contributed by atoms with Gasteiger partial charge in [0.2, 0.25) is 0 Å². The van der Waals surface area contributed by atoms with E-state index < -0.39 is 11.8 Å². The largest absolute Gasteiger partial charge is 0.436 e. The van der Waals surface area contributed by atoms with Crippen molar-refractivity contribution >= 4 is 27.5 Å². The van der Waals surface area contributed by atoms with E-state index in [-0.39, 0.29) is 27.4 Å². The topological polar surface area (TPSA) is 60.7 Å². The van der Waals surface area contributed by atoms with Crippen LogP contribution in [0, 0.1) is 17.1 Å². The van der Waals surface area contributed by atoms with E-state index in [4.69, 9.17) is 35.8 Å². The lowest BCUT2D eigenvalue weighted by molar-refractivity contribution is -0.323. The van der Waals surface area contributed by atoms with E-state index in [0.717, 1.165) is 0 Å². The molecular weight excluding hydrogens is 369 g/mol. The van der Waals surface area contributed by atoms with Gasteiger partial charge in [-0.05, 0) is 22.0 Å². The van der Waals surface area contributed by atoms with Crippen LogP contribution in [0.5, 0.6) is 5.75 Å². The Bertz CT molecular complexity index is 552. The molecule has 1 atom stereocenters. The Balaban J connectivity index is 3.10. The molecule has 0 aliphatic carbocycles. The van der Waals surface area contributed by atoms with Crippen LogP contribution in [0.3, 0.4) is 0 Å². The standard InChI is InChI=1S/C13H14BrClFNO4/c1-13(19-3,20-5-4-18-2)21-12-8(7-17)6-9(15)11(16)10(12)14/h6H,4-5H2,1-3H3. The zero-order valence-corrected chi connectivity index (χ0v) is 14.0. The molecule has 0 amide bonds. The molecule has 0 N–H and O–H groups in total. The summed E-state index contributed by atoms with van der Waals surface area (Å²) in [5.41, 5.74) is 0.0480. The lowest BCUT2D eigenvalue weighted by Gasteiger charge is -2.29. The van der Waals surface area contributed by atoms with Crippen molar-refractivity contribution < 1.29 is 23.3 Å². The van der Waals surface area contributed by atoms with Crippen molar-refractivity contribution in [1.29, 1.82) is 5.26 Å². The van der Waals surface area contributed by atoms with Crippen LogP contribution in [0.2, 0.25) is 5.02 Å². The minimum absolute atomic E-state index is 0.0480. The molecule has 0 aliphatic rings. The average Bonchev–Trinajstić information content (AvgIpc) is 2.48. The lowest BCUT2D eigenvalue weighted by atomic mass is 10.2. The highest BCUT2D eigenvalue weighted by Crippen LogP contribution is 2.38. The van der Waals surface area contributed by atoms with Crippen molar-refractivity contribution in [3.63, 3.8) is 0 Å². The highest BCUT2D eigenvalue weighted by Gasteiger charge is 2.30. The molecule has 21 heavy (non-hydrogen) atoms. The summed E-state index contributed by atoms with van der Waals surface area (Å²) in [5.74, 6) is -2.30. The summed E-state index contributed by atoms with van der Waals surface area (Å²) >= 11 is 8.70. The Labute approximate surface area is 135 Å². The molecule has 0 spiro atoms. The molecule has 0 fully saturated rings. The summed E-state index contributed by atoms with van der Waals surface area (Å²) in [7, 11) is 2.88. The monoisotopic (exact) mass is 381 g/mol. The van der Waals surface area contributed by atoms with Crippen molar-refractivity contribution in [2.75, 3.05) is 27.4 Å². The van der Waals surface area contributed by atoms with Gasteiger partial charge < -0.3 is 18.9 Å². The van der Waals surface area contributed by atoms with Crippen LogP contribution in [-0.2, 0) is 14.2 Å². The van der Waals surface area contributed by atoms with E-state index in [9.17, 15) is 4.39 Å². The van der Waals surface area contributed by atoms with Gasteiger partial charge in [0.25, 0.3) is 0 Å². The maximum Gasteiger partial charge on any atom is 0.323 e. The highest BCUT2D eigenvalue weighted by molar-refractivity contribution is 9.10. The molecule has 1 rings (SSSR count). The van der Waals surface area contributed by atoms with Crippen LogP contribution < -0.4 is 4.74 Å². The van der Waals surface area contributed by atoms with Crippen LogP contribution in [0.15, 0.2) is 10.5 Å². The molecule has 0 radical (unpaired) electrons. The Morgan fingerprint density at radius 2 is 2.10 bits per heavy atom. The van der Waals surface area contributed by atoms with Gasteiger partial charge in [0.05, 0.1) is 28.3 Å². The van der Waals surface area contributed by atoms with Gasteiger partial charge >= 0.3 is 5.97 Å². The van der Waals surface area contributed by atoms with Crippen molar-refractivity contribution in [3.8, 4) is 11.8 Å². The summed E-state index contributed by atoms with van der Waals surface area (Å²) in [4.78, 5) is 0. The Morgan fingerprint density at radius 1 is 1.43 bits per heavy atom. The third kappa shape index (κ3) is 4.53.